The van der Waals surface area contributed by atoms with Gasteiger partial charge in [0.05, 0.1) is 34.0 Å². The largest absolute Gasteiger partial charge is 0.274 e. The van der Waals surface area contributed by atoms with E-state index in [4.69, 9.17) is 0 Å². The molecule has 3 aromatic rings. The van der Waals surface area contributed by atoms with Crippen LogP contribution in [0.4, 0.5) is 0 Å². The number of halogens is 1. The Morgan fingerprint density at radius 1 is 1.30 bits per heavy atom. The summed E-state index contributed by atoms with van der Waals surface area (Å²) in [6.45, 7) is 2.31. The van der Waals surface area contributed by atoms with Gasteiger partial charge in [0.25, 0.3) is 5.56 Å². The first-order valence-electron chi connectivity index (χ1n) is 6.21. The lowest BCUT2D eigenvalue weighted by Crippen LogP contribution is -2.24. The summed E-state index contributed by atoms with van der Waals surface area (Å²) in [5.74, 6) is 0. The highest BCUT2D eigenvalue weighted by molar-refractivity contribution is 9.10. The van der Waals surface area contributed by atoms with Gasteiger partial charge in [0.1, 0.15) is 0 Å². The van der Waals surface area contributed by atoms with Crippen molar-refractivity contribution in [2.24, 2.45) is 7.05 Å². The topological polar surface area (TPSA) is 52.7 Å². The average Bonchev–Trinajstić information content (AvgIpc) is 2.68. The number of nitrogens with zero attached hydrogens (tertiary/aromatic N) is 4. The molecule has 0 unspecified atom stereocenters. The van der Waals surface area contributed by atoms with Crippen molar-refractivity contribution in [1.29, 1.82) is 0 Å². The molecule has 0 spiro atoms. The zero-order valence-electron chi connectivity index (χ0n) is 11.2. The zero-order chi connectivity index (χ0) is 14.3. The van der Waals surface area contributed by atoms with Gasteiger partial charge in [-0.15, -0.1) is 0 Å². The number of rotatable bonds is 2. The number of aromatic nitrogens is 4. The van der Waals surface area contributed by atoms with E-state index < -0.39 is 0 Å². The van der Waals surface area contributed by atoms with Crippen LogP contribution in [0.25, 0.3) is 10.8 Å². The van der Waals surface area contributed by atoms with Crippen LogP contribution in [-0.2, 0) is 13.6 Å². The number of fused-ring (bicyclic) bond motifs is 1. The van der Waals surface area contributed by atoms with Crippen molar-refractivity contribution in [3.8, 4) is 0 Å². The summed E-state index contributed by atoms with van der Waals surface area (Å²) < 4.78 is 4.15. The highest BCUT2D eigenvalue weighted by atomic mass is 79.9. The van der Waals surface area contributed by atoms with Crippen molar-refractivity contribution in [2.75, 3.05) is 0 Å². The number of hydrogen-bond donors (Lipinski definition) is 0. The van der Waals surface area contributed by atoms with Crippen LogP contribution in [0.2, 0.25) is 0 Å². The number of benzene rings is 1. The van der Waals surface area contributed by atoms with Gasteiger partial charge in [0, 0.05) is 12.4 Å². The summed E-state index contributed by atoms with van der Waals surface area (Å²) >= 11 is 3.51. The molecule has 0 atom stereocenters. The summed E-state index contributed by atoms with van der Waals surface area (Å²) in [5.41, 5.74) is 1.73. The third kappa shape index (κ3) is 2.06. The second kappa shape index (κ2) is 4.86. The maximum absolute atomic E-state index is 12.4. The van der Waals surface area contributed by atoms with Crippen LogP contribution >= 0.6 is 15.9 Å². The minimum Gasteiger partial charge on any atom is -0.269 e. The monoisotopic (exact) mass is 332 g/mol. The van der Waals surface area contributed by atoms with Crippen LogP contribution in [0.1, 0.15) is 11.4 Å². The molecule has 1 aromatic carbocycles. The Morgan fingerprint density at radius 2 is 2.05 bits per heavy atom. The Kier molecular flexibility index (Phi) is 3.17. The Labute approximate surface area is 124 Å². The molecule has 0 N–H and O–H groups in total. The molecule has 3 rings (SSSR count). The maximum Gasteiger partial charge on any atom is 0.274 e. The van der Waals surface area contributed by atoms with E-state index in [9.17, 15) is 4.79 Å². The van der Waals surface area contributed by atoms with Crippen molar-refractivity contribution >= 4 is 26.7 Å². The van der Waals surface area contributed by atoms with Gasteiger partial charge < -0.3 is 0 Å². The molecule has 0 radical (unpaired) electrons. The molecule has 0 aliphatic rings. The van der Waals surface area contributed by atoms with Crippen molar-refractivity contribution in [2.45, 2.75) is 13.5 Å². The number of hydrogen-bond acceptors (Lipinski definition) is 3. The summed E-state index contributed by atoms with van der Waals surface area (Å²) in [5, 5.41) is 10.1. The molecule has 0 bridgehead atoms. The Morgan fingerprint density at radius 3 is 2.75 bits per heavy atom. The third-order valence-corrected chi connectivity index (χ3v) is 4.35. The molecule has 0 aliphatic carbocycles. The van der Waals surface area contributed by atoms with E-state index in [0.717, 1.165) is 21.2 Å². The third-order valence-electron chi connectivity index (χ3n) is 3.32. The zero-order valence-corrected chi connectivity index (χ0v) is 12.8. The van der Waals surface area contributed by atoms with Crippen molar-refractivity contribution in [3.05, 3.63) is 56.7 Å². The first-order chi connectivity index (χ1) is 9.58. The van der Waals surface area contributed by atoms with E-state index >= 15 is 0 Å². The smallest absolute Gasteiger partial charge is 0.269 e. The quantitative estimate of drug-likeness (QED) is 0.723. The van der Waals surface area contributed by atoms with Gasteiger partial charge in [-0.1, -0.05) is 18.2 Å². The lowest BCUT2D eigenvalue weighted by molar-refractivity contribution is 0.594. The second-order valence-electron chi connectivity index (χ2n) is 4.66. The van der Waals surface area contributed by atoms with Gasteiger partial charge in [-0.05, 0) is 28.9 Å². The van der Waals surface area contributed by atoms with E-state index in [-0.39, 0.29) is 5.56 Å². The molecule has 0 amide bonds. The fraction of sp³-hybridized carbons (Fsp3) is 0.214. The normalized spacial score (nSPS) is 11.2. The fourth-order valence-corrected chi connectivity index (χ4v) is 2.70. The molecule has 20 heavy (non-hydrogen) atoms. The SMILES string of the molecule is Cc1nn(C)c(Cn2ncc3ccccc3c2=O)c1Br. The molecule has 0 fully saturated rings. The van der Waals surface area contributed by atoms with Crippen LogP contribution in [0.3, 0.4) is 0 Å². The van der Waals surface area contributed by atoms with Crippen LogP contribution in [0, 0.1) is 6.92 Å². The van der Waals surface area contributed by atoms with E-state index in [1.54, 1.807) is 10.9 Å². The van der Waals surface area contributed by atoms with E-state index in [0.29, 0.717) is 11.9 Å². The molecular formula is C14H13BrN4O. The minimum atomic E-state index is -0.0890. The summed E-state index contributed by atoms with van der Waals surface area (Å²) in [7, 11) is 1.86. The van der Waals surface area contributed by atoms with Crippen molar-refractivity contribution in [3.63, 3.8) is 0 Å². The molecule has 0 saturated heterocycles. The highest BCUT2D eigenvalue weighted by Gasteiger charge is 2.13. The van der Waals surface area contributed by atoms with E-state index in [2.05, 4.69) is 26.1 Å². The summed E-state index contributed by atoms with van der Waals surface area (Å²) in [6, 6.07) is 7.46. The predicted octanol–water partition coefficient (Wildman–Crippen LogP) is 2.25. The van der Waals surface area contributed by atoms with Crippen LogP contribution < -0.4 is 5.56 Å². The lowest BCUT2D eigenvalue weighted by Gasteiger charge is -2.07. The van der Waals surface area contributed by atoms with E-state index in [1.807, 2.05) is 38.2 Å². The first-order valence-corrected chi connectivity index (χ1v) is 7.00. The maximum atomic E-state index is 12.4. The van der Waals surface area contributed by atoms with Gasteiger partial charge in [-0.25, -0.2) is 4.68 Å². The summed E-state index contributed by atoms with van der Waals surface area (Å²) in [4.78, 5) is 12.4. The Bertz CT molecular complexity index is 850. The molecule has 2 heterocycles. The molecule has 0 saturated carbocycles. The fourth-order valence-electron chi connectivity index (χ4n) is 2.23. The average molecular weight is 333 g/mol. The second-order valence-corrected chi connectivity index (χ2v) is 5.46. The molecule has 102 valence electrons. The highest BCUT2D eigenvalue weighted by Crippen LogP contribution is 2.20. The van der Waals surface area contributed by atoms with Crippen molar-refractivity contribution < 1.29 is 0 Å². The van der Waals surface area contributed by atoms with Gasteiger partial charge in [-0.2, -0.15) is 10.2 Å². The summed E-state index contributed by atoms with van der Waals surface area (Å²) in [6.07, 6.45) is 1.72. The Balaban J connectivity index is 2.12. The molecule has 5 nitrogen and oxygen atoms in total. The van der Waals surface area contributed by atoms with Crippen molar-refractivity contribution in [1.82, 2.24) is 19.6 Å². The lowest BCUT2D eigenvalue weighted by atomic mass is 10.2. The number of aryl methyl sites for hydroxylation is 2. The van der Waals surface area contributed by atoms with E-state index in [1.165, 1.54) is 4.68 Å². The van der Waals surface area contributed by atoms with Gasteiger partial charge in [0.15, 0.2) is 0 Å². The van der Waals surface area contributed by atoms with Gasteiger partial charge in [0.2, 0.25) is 0 Å². The molecule has 2 aromatic heterocycles. The molecular weight excluding hydrogens is 320 g/mol. The van der Waals surface area contributed by atoms with Crippen LogP contribution in [0.5, 0.6) is 0 Å². The Hall–Kier alpha value is -1.95. The predicted molar refractivity (Wildman–Crippen MR) is 80.8 cm³/mol. The standard InChI is InChI=1S/C14H13BrN4O/c1-9-13(15)12(18(2)17-9)8-19-14(20)11-6-4-3-5-10(11)7-16-19/h3-7H,8H2,1-2H3. The molecule has 0 aliphatic heterocycles. The van der Waals surface area contributed by atoms with Crippen LogP contribution in [0.15, 0.2) is 39.7 Å². The van der Waals surface area contributed by atoms with Crippen LogP contribution in [-0.4, -0.2) is 19.6 Å². The minimum absolute atomic E-state index is 0.0890. The van der Waals surface area contributed by atoms with Gasteiger partial charge >= 0.3 is 0 Å². The van der Waals surface area contributed by atoms with Gasteiger partial charge in [-0.3, -0.25) is 9.48 Å². The molecule has 6 heteroatoms. The first kappa shape index (κ1) is 13.1.